The third kappa shape index (κ3) is 1.42. The van der Waals surface area contributed by atoms with Gasteiger partial charge in [-0.15, -0.1) is 0 Å². The zero-order valence-corrected chi connectivity index (χ0v) is 7.42. The van der Waals surface area contributed by atoms with Gasteiger partial charge >= 0.3 is 0 Å². The number of rotatable bonds is 1. The lowest BCUT2D eigenvalue weighted by molar-refractivity contribution is 0.00570. The molecule has 2 rings (SSSR count). The predicted octanol–water partition coefficient (Wildman–Crippen LogP) is -0.396. The Hall–Kier alpha value is -1.62. The number of amides is 1. The van der Waals surface area contributed by atoms with E-state index in [1.807, 2.05) is 0 Å². The van der Waals surface area contributed by atoms with Gasteiger partial charge < -0.3 is 15.1 Å². The number of hydrogen-bond acceptors (Lipinski definition) is 4. The maximum Gasteiger partial charge on any atom is 0.257 e. The number of nitrogens with zero attached hydrogens (tertiary/aromatic N) is 2. The van der Waals surface area contributed by atoms with E-state index in [9.17, 15) is 9.90 Å². The number of β-amino-alcohol motifs (C(OH)–C–C–N with tert-alkyl or cyclic N) is 1. The number of carbonyl (C=O) groups is 1. The second-order valence-corrected chi connectivity index (χ2v) is 3.26. The third-order valence-electron chi connectivity index (χ3n) is 2.18. The summed E-state index contributed by atoms with van der Waals surface area (Å²) < 4.78 is 0. The number of likely N-dealkylation sites (tertiary alicyclic amines) is 1. The summed E-state index contributed by atoms with van der Waals surface area (Å²) in [6.45, 7) is 0.668. The Kier molecular flexibility index (Phi) is 2.09. The molecule has 1 saturated heterocycles. The Bertz CT molecular complexity index is 361. The third-order valence-corrected chi connectivity index (χ3v) is 2.18. The molecule has 1 amide bonds. The van der Waals surface area contributed by atoms with Crippen LogP contribution < -0.4 is 0 Å². The molecule has 2 heterocycles. The monoisotopic (exact) mass is 194 g/mol. The van der Waals surface area contributed by atoms with Gasteiger partial charge in [0.15, 0.2) is 0 Å². The van der Waals surface area contributed by atoms with Crippen LogP contribution in [0.25, 0.3) is 0 Å². The van der Waals surface area contributed by atoms with Crippen molar-refractivity contribution in [1.29, 1.82) is 0 Å². The van der Waals surface area contributed by atoms with E-state index < -0.39 is 6.10 Å². The minimum absolute atomic E-state index is 0.126. The number of pyridine rings is 1. The van der Waals surface area contributed by atoms with E-state index in [1.165, 1.54) is 23.4 Å². The summed E-state index contributed by atoms with van der Waals surface area (Å²) in [4.78, 5) is 16.8. The van der Waals surface area contributed by atoms with Crippen molar-refractivity contribution in [2.45, 2.75) is 6.10 Å². The maximum absolute atomic E-state index is 11.6. The van der Waals surface area contributed by atoms with Gasteiger partial charge in [-0.2, -0.15) is 0 Å². The Morgan fingerprint density at radius 3 is 2.86 bits per heavy atom. The summed E-state index contributed by atoms with van der Waals surface area (Å²) in [5.74, 6) is -0.394. The first-order valence-corrected chi connectivity index (χ1v) is 4.29. The highest BCUT2D eigenvalue weighted by atomic mass is 16.3. The van der Waals surface area contributed by atoms with Gasteiger partial charge in [0.25, 0.3) is 5.91 Å². The first-order chi connectivity index (χ1) is 6.68. The summed E-state index contributed by atoms with van der Waals surface area (Å²) in [7, 11) is 0. The topological polar surface area (TPSA) is 73.7 Å². The maximum atomic E-state index is 11.6. The molecule has 0 bridgehead atoms. The Morgan fingerprint density at radius 2 is 2.29 bits per heavy atom. The zero-order chi connectivity index (χ0) is 10.1. The summed E-state index contributed by atoms with van der Waals surface area (Å²) in [6.07, 6.45) is 2.25. The standard InChI is InChI=1S/C9H10N2O3/c12-6-4-11(5-6)9(14)7-1-2-10-3-8(7)13/h1-3,6,12-13H,4-5H2. The molecule has 0 unspecified atom stereocenters. The Balaban J connectivity index is 2.16. The van der Waals surface area contributed by atoms with Gasteiger partial charge in [-0.3, -0.25) is 9.78 Å². The average molecular weight is 194 g/mol. The first-order valence-electron chi connectivity index (χ1n) is 4.29. The molecule has 5 heteroatoms. The number of aliphatic hydroxyl groups is 1. The molecule has 1 aromatic heterocycles. The van der Waals surface area contributed by atoms with Crippen molar-refractivity contribution in [3.63, 3.8) is 0 Å². The number of aromatic nitrogens is 1. The molecule has 74 valence electrons. The van der Waals surface area contributed by atoms with Crippen LogP contribution in [-0.4, -0.2) is 45.2 Å². The minimum Gasteiger partial charge on any atom is -0.505 e. The highest BCUT2D eigenvalue weighted by molar-refractivity contribution is 5.97. The van der Waals surface area contributed by atoms with E-state index in [0.717, 1.165) is 0 Å². The van der Waals surface area contributed by atoms with Crippen LogP contribution in [0.2, 0.25) is 0 Å². The zero-order valence-electron chi connectivity index (χ0n) is 7.42. The van der Waals surface area contributed by atoms with E-state index in [4.69, 9.17) is 5.11 Å². The molecule has 1 aliphatic heterocycles. The second kappa shape index (κ2) is 3.26. The van der Waals surface area contributed by atoms with Crippen LogP contribution >= 0.6 is 0 Å². The van der Waals surface area contributed by atoms with Crippen LogP contribution in [0, 0.1) is 0 Å². The first kappa shape index (κ1) is 8.96. The van der Waals surface area contributed by atoms with E-state index in [0.29, 0.717) is 13.1 Å². The van der Waals surface area contributed by atoms with Gasteiger partial charge in [0, 0.05) is 19.3 Å². The molecule has 2 N–H and O–H groups in total. The lowest BCUT2D eigenvalue weighted by Crippen LogP contribution is -2.53. The van der Waals surface area contributed by atoms with Gasteiger partial charge in [-0.05, 0) is 6.07 Å². The SMILES string of the molecule is O=C(c1ccncc1O)N1CC(O)C1. The van der Waals surface area contributed by atoms with Crippen LogP contribution in [-0.2, 0) is 0 Å². The van der Waals surface area contributed by atoms with Gasteiger partial charge in [0.1, 0.15) is 5.75 Å². The summed E-state index contributed by atoms with van der Waals surface area (Å²) in [6, 6.07) is 1.46. The van der Waals surface area contributed by atoms with Crippen molar-refractivity contribution in [2.75, 3.05) is 13.1 Å². The molecule has 5 nitrogen and oxygen atoms in total. The van der Waals surface area contributed by atoms with Crippen molar-refractivity contribution in [3.8, 4) is 5.75 Å². The Labute approximate surface area is 80.6 Å². The molecular formula is C9H10N2O3. The van der Waals surface area contributed by atoms with Crippen molar-refractivity contribution in [3.05, 3.63) is 24.0 Å². The molecule has 14 heavy (non-hydrogen) atoms. The molecule has 1 aromatic rings. The van der Waals surface area contributed by atoms with Gasteiger partial charge in [0.05, 0.1) is 17.9 Å². The predicted molar refractivity (Wildman–Crippen MR) is 47.8 cm³/mol. The van der Waals surface area contributed by atoms with E-state index in [1.54, 1.807) is 0 Å². The number of aromatic hydroxyl groups is 1. The molecule has 0 atom stereocenters. The van der Waals surface area contributed by atoms with E-state index >= 15 is 0 Å². The molecule has 0 aromatic carbocycles. The van der Waals surface area contributed by atoms with E-state index in [-0.39, 0.29) is 17.2 Å². The molecule has 0 saturated carbocycles. The van der Waals surface area contributed by atoms with Crippen LogP contribution in [0.15, 0.2) is 18.5 Å². The fraction of sp³-hybridized carbons (Fsp3) is 0.333. The van der Waals surface area contributed by atoms with Gasteiger partial charge in [0.2, 0.25) is 0 Å². The largest absolute Gasteiger partial charge is 0.505 e. The quantitative estimate of drug-likeness (QED) is 0.638. The van der Waals surface area contributed by atoms with Crippen molar-refractivity contribution in [2.24, 2.45) is 0 Å². The number of carbonyl (C=O) groups excluding carboxylic acids is 1. The van der Waals surface area contributed by atoms with E-state index in [2.05, 4.69) is 4.98 Å². The fourth-order valence-electron chi connectivity index (χ4n) is 1.36. The van der Waals surface area contributed by atoms with Crippen LogP contribution in [0.1, 0.15) is 10.4 Å². The van der Waals surface area contributed by atoms with Crippen LogP contribution in [0.5, 0.6) is 5.75 Å². The fourth-order valence-corrected chi connectivity index (χ4v) is 1.36. The van der Waals surface area contributed by atoms with Crippen molar-refractivity contribution >= 4 is 5.91 Å². The average Bonchev–Trinajstić information content (AvgIpc) is 2.13. The summed E-state index contributed by atoms with van der Waals surface area (Å²) >= 11 is 0. The number of hydrogen-bond donors (Lipinski definition) is 2. The smallest absolute Gasteiger partial charge is 0.257 e. The van der Waals surface area contributed by atoms with Crippen molar-refractivity contribution in [1.82, 2.24) is 9.88 Å². The molecule has 1 aliphatic rings. The number of aliphatic hydroxyl groups excluding tert-OH is 1. The second-order valence-electron chi connectivity index (χ2n) is 3.26. The summed E-state index contributed by atoms with van der Waals surface area (Å²) in [5, 5.41) is 18.4. The normalized spacial score (nSPS) is 16.5. The molecular weight excluding hydrogens is 184 g/mol. The molecule has 0 spiro atoms. The van der Waals surface area contributed by atoms with Crippen LogP contribution in [0.4, 0.5) is 0 Å². The highest BCUT2D eigenvalue weighted by Gasteiger charge is 2.30. The van der Waals surface area contributed by atoms with Crippen molar-refractivity contribution < 1.29 is 15.0 Å². The summed E-state index contributed by atoms with van der Waals surface area (Å²) in [5.41, 5.74) is 0.229. The molecule has 0 aliphatic carbocycles. The molecule has 0 radical (unpaired) electrons. The Morgan fingerprint density at radius 1 is 1.57 bits per heavy atom. The van der Waals surface area contributed by atoms with Gasteiger partial charge in [-0.1, -0.05) is 0 Å². The highest BCUT2D eigenvalue weighted by Crippen LogP contribution is 2.19. The minimum atomic E-state index is -0.428. The van der Waals surface area contributed by atoms with Gasteiger partial charge in [-0.25, -0.2) is 0 Å². The lowest BCUT2D eigenvalue weighted by atomic mass is 10.1. The molecule has 1 fully saturated rings. The van der Waals surface area contributed by atoms with Crippen LogP contribution in [0.3, 0.4) is 0 Å². The lowest BCUT2D eigenvalue weighted by Gasteiger charge is -2.35.